The fourth-order valence-electron chi connectivity index (χ4n) is 1.97. The highest BCUT2D eigenvalue weighted by Crippen LogP contribution is 2.37. The van der Waals surface area contributed by atoms with E-state index in [9.17, 15) is 5.26 Å². The molecule has 1 aromatic heterocycles. The van der Waals surface area contributed by atoms with Gasteiger partial charge in [0.2, 0.25) is 5.88 Å². The molecule has 0 bridgehead atoms. The first-order valence-electron chi connectivity index (χ1n) is 6.41. The number of anilines is 1. The Balaban J connectivity index is 2.49. The van der Waals surface area contributed by atoms with Crippen molar-refractivity contribution in [2.45, 2.75) is 26.3 Å². The Morgan fingerprint density at radius 2 is 2.15 bits per heavy atom. The lowest BCUT2D eigenvalue weighted by molar-refractivity contribution is 0.398. The molecule has 2 rings (SSSR count). The second-order valence-corrected chi connectivity index (χ2v) is 4.97. The lowest BCUT2D eigenvalue weighted by atomic mass is 10.2. The zero-order chi connectivity index (χ0) is 14.7. The van der Waals surface area contributed by atoms with Crippen molar-refractivity contribution in [3.05, 3.63) is 41.0 Å². The van der Waals surface area contributed by atoms with E-state index in [1.165, 1.54) is 0 Å². The summed E-state index contributed by atoms with van der Waals surface area (Å²) in [7, 11) is 0. The molecule has 0 amide bonds. The van der Waals surface area contributed by atoms with Gasteiger partial charge in [0.1, 0.15) is 17.5 Å². The second-order valence-electron chi connectivity index (χ2n) is 4.56. The van der Waals surface area contributed by atoms with Gasteiger partial charge in [-0.2, -0.15) is 5.26 Å². The van der Waals surface area contributed by atoms with E-state index in [2.05, 4.69) is 6.07 Å². The summed E-state index contributed by atoms with van der Waals surface area (Å²) in [6.07, 6.45) is 0.863. The maximum atomic E-state index is 9.21. The fraction of sp³-hybridized carbons (Fsp3) is 0.267. The fourth-order valence-corrected chi connectivity index (χ4v) is 2.15. The quantitative estimate of drug-likeness (QED) is 0.909. The number of benzene rings is 1. The number of rotatable bonds is 4. The van der Waals surface area contributed by atoms with Crippen LogP contribution in [0.5, 0.6) is 11.6 Å². The van der Waals surface area contributed by atoms with Crippen LogP contribution in [0.2, 0.25) is 5.02 Å². The molecule has 0 saturated carbocycles. The third kappa shape index (κ3) is 2.59. The van der Waals surface area contributed by atoms with Crippen LogP contribution in [0, 0.1) is 11.3 Å². The average molecular weight is 290 g/mol. The van der Waals surface area contributed by atoms with Gasteiger partial charge in [-0.15, -0.1) is 0 Å². The van der Waals surface area contributed by atoms with Crippen LogP contribution in [0.4, 0.5) is 5.69 Å². The van der Waals surface area contributed by atoms with Crippen LogP contribution >= 0.6 is 11.6 Å². The highest BCUT2D eigenvalue weighted by molar-refractivity contribution is 6.32. The van der Waals surface area contributed by atoms with Gasteiger partial charge in [-0.1, -0.05) is 30.7 Å². The van der Waals surface area contributed by atoms with Crippen LogP contribution in [0.1, 0.15) is 32.0 Å². The Morgan fingerprint density at radius 1 is 1.45 bits per heavy atom. The number of hydrogen-bond donors (Lipinski definition) is 1. The first-order chi connectivity index (χ1) is 9.58. The molecular weight excluding hydrogens is 274 g/mol. The highest BCUT2D eigenvalue weighted by atomic mass is 35.5. The minimum atomic E-state index is 0.111. The van der Waals surface area contributed by atoms with Crippen molar-refractivity contribution in [2.75, 3.05) is 5.73 Å². The number of halogens is 1. The minimum absolute atomic E-state index is 0.111. The Labute approximate surface area is 123 Å². The number of nitrogens with two attached hydrogens (primary N) is 1. The van der Waals surface area contributed by atoms with E-state index in [0.717, 1.165) is 6.42 Å². The number of hydrogen-bond acceptors (Lipinski definition) is 3. The smallest absolute Gasteiger partial charge is 0.224 e. The molecule has 0 radical (unpaired) electrons. The molecule has 1 atom stereocenters. The van der Waals surface area contributed by atoms with Gasteiger partial charge in [0, 0.05) is 12.1 Å². The van der Waals surface area contributed by atoms with Crippen LogP contribution in [0.25, 0.3) is 0 Å². The van der Waals surface area contributed by atoms with Crippen LogP contribution in [0.15, 0.2) is 30.3 Å². The van der Waals surface area contributed by atoms with Crippen LogP contribution in [-0.2, 0) is 0 Å². The molecule has 5 heteroatoms. The molecular formula is C15H16ClN3O. The van der Waals surface area contributed by atoms with Crippen molar-refractivity contribution in [2.24, 2.45) is 0 Å². The van der Waals surface area contributed by atoms with Gasteiger partial charge < -0.3 is 10.5 Å². The molecule has 0 aliphatic rings. The van der Waals surface area contributed by atoms with Gasteiger partial charge in [0.05, 0.1) is 10.7 Å². The van der Waals surface area contributed by atoms with Gasteiger partial charge in [0.25, 0.3) is 0 Å². The molecule has 1 aromatic carbocycles. The number of aromatic nitrogens is 1. The lowest BCUT2D eigenvalue weighted by Gasteiger charge is -2.17. The van der Waals surface area contributed by atoms with E-state index in [1.807, 2.05) is 26.0 Å². The van der Waals surface area contributed by atoms with E-state index in [1.54, 1.807) is 22.8 Å². The molecule has 2 N–H and O–H groups in total. The molecule has 0 aliphatic heterocycles. The third-order valence-corrected chi connectivity index (χ3v) is 3.52. The molecule has 0 unspecified atom stereocenters. The van der Waals surface area contributed by atoms with Gasteiger partial charge in [0.15, 0.2) is 0 Å². The van der Waals surface area contributed by atoms with Crippen molar-refractivity contribution >= 4 is 17.3 Å². The van der Waals surface area contributed by atoms with Crippen LogP contribution < -0.4 is 10.5 Å². The molecule has 1 heterocycles. The summed E-state index contributed by atoms with van der Waals surface area (Å²) in [5, 5.41) is 9.72. The first-order valence-corrected chi connectivity index (χ1v) is 6.79. The van der Waals surface area contributed by atoms with E-state index in [0.29, 0.717) is 28.0 Å². The molecule has 0 saturated heterocycles. The molecule has 4 nitrogen and oxygen atoms in total. The summed E-state index contributed by atoms with van der Waals surface area (Å²) in [6, 6.07) is 11.0. The molecule has 20 heavy (non-hydrogen) atoms. The molecule has 0 spiro atoms. The molecule has 2 aromatic rings. The number of para-hydroxylation sites is 1. The van der Waals surface area contributed by atoms with Gasteiger partial charge >= 0.3 is 0 Å². The Hall–Kier alpha value is -2.12. The van der Waals surface area contributed by atoms with Crippen LogP contribution in [0.3, 0.4) is 0 Å². The third-order valence-electron chi connectivity index (χ3n) is 3.21. The Bertz CT molecular complexity index is 658. The summed E-state index contributed by atoms with van der Waals surface area (Å²) in [5.74, 6) is 0.983. The van der Waals surface area contributed by atoms with E-state index in [-0.39, 0.29) is 6.04 Å². The summed E-state index contributed by atoms with van der Waals surface area (Å²) in [4.78, 5) is 0. The highest BCUT2D eigenvalue weighted by Gasteiger charge is 2.19. The number of nitrogen functional groups attached to an aromatic ring is 1. The van der Waals surface area contributed by atoms with E-state index >= 15 is 0 Å². The van der Waals surface area contributed by atoms with Crippen molar-refractivity contribution in [3.63, 3.8) is 0 Å². The van der Waals surface area contributed by atoms with Crippen molar-refractivity contribution in [3.8, 4) is 17.7 Å². The second kappa shape index (κ2) is 5.89. The predicted octanol–water partition coefficient (Wildman–Crippen LogP) is 4.36. The molecule has 0 aliphatic carbocycles. The van der Waals surface area contributed by atoms with Gasteiger partial charge in [-0.05, 0) is 25.5 Å². The number of nitriles is 1. The van der Waals surface area contributed by atoms with E-state index in [4.69, 9.17) is 22.1 Å². The SMILES string of the molecule is CC[C@@H](C)n1c(C#N)cc(N)c1Oc1ccccc1Cl. The summed E-state index contributed by atoms with van der Waals surface area (Å²) < 4.78 is 7.64. The topological polar surface area (TPSA) is 64.0 Å². The number of nitrogens with zero attached hydrogens (tertiary/aromatic N) is 2. The Kier molecular flexibility index (Phi) is 4.21. The first kappa shape index (κ1) is 14.3. The summed E-state index contributed by atoms with van der Waals surface area (Å²) >= 11 is 6.09. The summed E-state index contributed by atoms with van der Waals surface area (Å²) in [6.45, 7) is 4.06. The standard InChI is InChI=1S/C15H16ClN3O/c1-3-10(2)19-11(9-17)8-13(18)15(19)20-14-7-5-4-6-12(14)16/h4-8,10H,3,18H2,1-2H3/t10-/m1/s1. The maximum Gasteiger partial charge on any atom is 0.224 e. The maximum absolute atomic E-state index is 9.21. The summed E-state index contributed by atoms with van der Waals surface area (Å²) in [5.41, 5.74) is 6.89. The van der Waals surface area contributed by atoms with Crippen LogP contribution in [-0.4, -0.2) is 4.57 Å². The normalized spacial score (nSPS) is 11.9. The lowest BCUT2D eigenvalue weighted by Crippen LogP contribution is -2.08. The van der Waals surface area contributed by atoms with Crippen molar-refractivity contribution in [1.82, 2.24) is 4.57 Å². The monoisotopic (exact) mass is 289 g/mol. The predicted molar refractivity (Wildman–Crippen MR) is 80.1 cm³/mol. The van der Waals surface area contributed by atoms with Gasteiger partial charge in [-0.25, -0.2) is 0 Å². The zero-order valence-corrected chi connectivity index (χ0v) is 12.2. The largest absolute Gasteiger partial charge is 0.437 e. The van der Waals surface area contributed by atoms with Crippen molar-refractivity contribution in [1.29, 1.82) is 5.26 Å². The zero-order valence-electron chi connectivity index (χ0n) is 11.4. The average Bonchev–Trinajstić information content (AvgIpc) is 2.77. The van der Waals surface area contributed by atoms with Gasteiger partial charge in [-0.3, -0.25) is 4.57 Å². The van der Waals surface area contributed by atoms with Crippen molar-refractivity contribution < 1.29 is 4.74 Å². The molecule has 0 fully saturated rings. The van der Waals surface area contributed by atoms with E-state index < -0.39 is 0 Å². The minimum Gasteiger partial charge on any atom is -0.437 e. The Morgan fingerprint density at radius 3 is 2.75 bits per heavy atom. The number of ether oxygens (including phenoxy) is 1. The molecule has 104 valence electrons.